The van der Waals surface area contributed by atoms with Crippen LogP contribution in [0.2, 0.25) is 0 Å². The van der Waals surface area contributed by atoms with Crippen LogP contribution in [0.1, 0.15) is 9.67 Å². The average Bonchev–Trinajstić information content (AvgIpc) is 2.92. The van der Waals surface area contributed by atoms with E-state index in [4.69, 9.17) is 0 Å². The predicted molar refractivity (Wildman–Crippen MR) is 68.4 cm³/mol. The lowest BCUT2D eigenvalue weighted by molar-refractivity contribution is -0.254. The van der Waals surface area contributed by atoms with E-state index < -0.39 is 5.97 Å². The van der Waals surface area contributed by atoms with Crippen molar-refractivity contribution < 1.29 is 9.90 Å². The topological polar surface area (TPSA) is 58.0 Å². The van der Waals surface area contributed by atoms with Gasteiger partial charge in [-0.25, -0.2) is 0 Å². The van der Waals surface area contributed by atoms with E-state index in [1.54, 1.807) is 10.7 Å². The Kier molecular flexibility index (Phi) is 2.41. The Balaban J connectivity index is 2.27. The van der Waals surface area contributed by atoms with Crippen molar-refractivity contribution in [3.63, 3.8) is 0 Å². The molecule has 0 bridgehead atoms. The molecule has 0 aliphatic rings. The molecule has 0 saturated heterocycles. The number of fused-ring (bicyclic) bond motifs is 1. The number of nitrogens with zero attached hydrogens (tertiary/aromatic N) is 2. The molecule has 4 nitrogen and oxygen atoms in total. The number of aromatic carboxylic acids is 1. The third-order valence-electron chi connectivity index (χ3n) is 2.76. The van der Waals surface area contributed by atoms with Crippen LogP contribution < -0.4 is 5.11 Å². The summed E-state index contributed by atoms with van der Waals surface area (Å²) >= 11 is 1.19. The predicted octanol–water partition coefficient (Wildman–Crippen LogP) is 1.67. The number of hydrogen-bond acceptors (Lipinski definition) is 4. The number of benzene rings is 1. The lowest BCUT2D eigenvalue weighted by atomic mass is 10.1. The average molecular weight is 257 g/mol. The molecule has 90 valence electrons. The van der Waals surface area contributed by atoms with E-state index in [0.717, 1.165) is 21.5 Å². The van der Waals surface area contributed by atoms with Gasteiger partial charge in [0.15, 0.2) is 0 Å². The second-order valence-electron chi connectivity index (χ2n) is 3.96. The molecule has 0 fully saturated rings. The third-order valence-corrected chi connectivity index (χ3v) is 3.94. The van der Waals surface area contributed by atoms with E-state index in [1.807, 2.05) is 37.4 Å². The summed E-state index contributed by atoms with van der Waals surface area (Å²) in [6.07, 6.45) is 0. The first-order chi connectivity index (χ1) is 8.66. The van der Waals surface area contributed by atoms with Gasteiger partial charge >= 0.3 is 0 Å². The van der Waals surface area contributed by atoms with Crippen molar-refractivity contribution in [3.05, 3.63) is 41.3 Å². The first-order valence-corrected chi connectivity index (χ1v) is 6.22. The molecule has 5 heteroatoms. The van der Waals surface area contributed by atoms with Gasteiger partial charge in [0, 0.05) is 18.0 Å². The third kappa shape index (κ3) is 1.60. The molecule has 0 saturated carbocycles. The summed E-state index contributed by atoms with van der Waals surface area (Å²) < 4.78 is 1.70. The first kappa shape index (κ1) is 11.0. The number of carbonyl (C=O) groups excluding carboxylic acids is 1. The van der Waals surface area contributed by atoms with Crippen molar-refractivity contribution in [1.29, 1.82) is 0 Å². The maximum absolute atomic E-state index is 10.9. The Bertz CT molecular complexity index is 728. The maximum atomic E-state index is 10.9. The van der Waals surface area contributed by atoms with E-state index in [2.05, 4.69) is 5.10 Å². The van der Waals surface area contributed by atoms with Crippen molar-refractivity contribution in [2.75, 3.05) is 0 Å². The van der Waals surface area contributed by atoms with Crippen molar-refractivity contribution in [2.45, 2.75) is 0 Å². The van der Waals surface area contributed by atoms with Gasteiger partial charge in [0.05, 0.1) is 10.8 Å². The first-order valence-electron chi connectivity index (χ1n) is 5.40. The van der Waals surface area contributed by atoms with Crippen LogP contribution in [-0.4, -0.2) is 15.7 Å². The van der Waals surface area contributed by atoms with Crippen LogP contribution in [0, 0.1) is 0 Å². The maximum Gasteiger partial charge on any atom is 0.122 e. The van der Waals surface area contributed by atoms with Gasteiger partial charge in [-0.15, -0.1) is 11.3 Å². The van der Waals surface area contributed by atoms with Gasteiger partial charge in [0.1, 0.15) is 10.5 Å². The zero-order valence-corrected chi connectivity index (χ0v) is 10.4. The zero-order chi connectivity index (χ0) is 12.7. The van der Waals surface area contributed by atoms with Crippen LogP contribution >= 0.6 is 11.3 Å². The van der Waals surface area contributed by atoms with Gasteiger partial charge in [0.2, 0.25) is 0 Å². The SMILES string of the molecule is Cn1nc(-c2ccccc2)c2cc(C(=O)[O-])sc21. The highest BCUT2D eigenvalue weighted by atomic mass is 32.1. The summed E-state index contributed by atoms with van der Waals surface area (Å²) in [7, 11) is 1.81. The van der Waals surface area contributed by atoms with Gasteiger partial charge in [-0.3, -0.25) is 4.68 Å². The molecule has 0 aliphatic carbocycles. The summed E-state index contributed by atoms with van der Waals surface area (Å²) in [4.78, 5) is 12.0. The second-order valence-corrected chi connectivity index (χ2v) is 4.99. The van der Waals surface area contributed by atoms with Gasteiger partial charge in [-0.05, 0) is 6.07 Å². The van der Waals surface area contributed by atoms with E-state index >= 15 is 0 Å². The molecule has 3 aromatic rings. The number of hydrogen-bond donors (Lipinski definition) is 0. The van der Waals surface area contributed by atoms with Crippen LogP contribution in [0.4, 0.5) is 0 Å². The monoisotopic (exact) mass is 257 g/mol. The van der Waals surface area contributed by atoms with E-state index in [-0.39, 0.29) is 4.88 Å². The molecule has 0 unspecified atom stereocenters. The second kappa shape index (κ2) is 3.96. The lowest BCUT2D eigenvalue weighted by Gasteiger charge is -1.97. The number of aromatic nitrogens is 2. The van der Waals surface area contributed by atoms with E-state index in [1.165, 1.54) is 11.3 Å². The molecule has 2 aromatic heterocycles. The summed E-state index contributed by atoms with van der Waals surface area (Å²) in [6.45, 7) is 0. The number of rotatable bonds is 2. The van der Waals surface area contributed by atoms with Crippen LogP contribution in [0.5, 0.6) is 0 Å². The highest BCUT2D eigenvalue weighted by molar-refractivity contribution is 7.20. The van der Waals surface area contributed by atoms with Crippen LogP contribution in [0.25, 0.3) is 21.5 Å². The Labute approximate surface area is 107 Å². The van der Waals surface area contributed by atoms with Gasteiger partial charge in [0.25, 0.3) is 0 Å². The smallest absolute Gasteiger partial charge is 0.122 e. The number of thiophene rings is 1. The standard InChI is InChI=1S/C13H10N2O2S/c1-15-12-9(7-10(18-12)13(16)17)11(14-15)8-5-3-2-4-6-8/h2-7H,1H3,(H,16,17)/p-1. The highest BCUT2D eigenvalue weighted by Crippen LogP contribution is 2.33. The molecule has 0 aliphatic heterocycles. The van der Waals surface area contributed by atoms with Crippen molar-refractivity contribution >= 4 is 27.5 Å². The molecule has 0 amide bonds. The van der Waals surface area contributed by atoms with Gasteiger partial charge in [-0.2, -0.15) is 5.10 Å². The molecule has 1 aromatic carbocycles. The van der Waals surface area contributed by atoms with Gasteiger partial charge < -0.3 is 9.90 Å². The van der Waals surface area contributed by atoms with Crippen LogP contribution in [0.15, 0.2) is 36.4 Å². The number of aryl methyl sites for hydroxylation is 1. The fourth-order valence-electron chi connectivity index (χ4n) is 1.95. The molecule has 0 atom stereocenters. The molecule has 0 spiro atoms. The summed E-state index contributed by atoms with van der Waals surface area (Å²) in [6, 6.07) is 11.3. The minimum atomic E-state index is -1.14. The van der Waals surface area contributed by atoms with Crippen molar-refractivity contribution in [3.8, 4) is 11.3 Å². The summed E-state index contributed by atoms with van der Waals surface area (Å²) in [5, 5.41) is 16.2. The molecular weight excluding hydrogens is 248 g/mol. The van der Waals surface area contributed by atoms with Gasteiger partial charge in [-0.1, -0.05) is 30.3 Å². The Morgan fingerprint density at radius 1 is 1.33 bits per heavy atom. The minimum Gasteiger partial charge on any atom is -0.544 e. The molecule has 2 heterocycles. The number of carboxylic acid groups (broad SMARTS) is 1. The van der Waals surface area contributed by atoms with Crippen molar-refractivity contribution in [1.82, 2.24) is 9.78 Å². The molecular formula is C13H9N2O2S-. The normalized spacial score (nSPS) is 10.9. The Morgan fingerprint density at radius 3 is 2.72 bits per heavy atom. The lowest BCUT2D eigenvalue weighted by Crippen LogP contribution is -2.20. The van der Waals surface area contributed by atoms with E-state index in [9.17, 15) is 9.90 Å². The number of carboxylic acids is 1. The fourth-order valence-corrected chi connectivity index (χ4v) is 2.86. The Morgan fingerprint density at radius 2 is 2.06 bits per heavy atom. The number of carbonyl (C=O) groups is 1. The quantitative estimate of drug-likeness (QED) is 0.701. The van der Waals surface area contributed by atoms with Crippen LogP contribution in [0.3, 0.4) is 0 Å². The Hall–Kier alpha value is -2.14. The molecule has 0 N–H and O–H groups in total. The zero-order valence-electron chi connectivity index (χ0n) is 9.58. The summed E-state index contributed by atoms with van der Waals surface area (Å²) in [5.41, 5.74) is 1.78. The largest absolute Gasteiger partial charge is 0.544 e. The molecule has 0 radical (unpaired) electrons. The molecule has 3 rings (SSSR count). The minimum absolute atomic E-state index is 0.232. The fraction of sp³-hybridized carbons (Fsp3) is 0.0769. The highest BCUT2D eigenvalue weighted by Gasteiger charge is 2.14. The molecule has 18 heavy (non-hydrogen) atoms. The summed E-state index contributed by atoms with van der Waals surface area (Å²) in [5.74, 6) is -1.14. The van der Waals surface area contributed by atoms with E-state index in [0.29, 0.717) is 0 Å². The van der Waals surface area contributed by atoms with Crippen molar-refractivity contribution in [2.24, 2.45) is 7.05 Å². The van der Waals surface area contributed by atoms with Crippen LogP contribution in [-0.2, 0) is 7.05 Å².